The maximum Gasteiger partial charge on any atom is 0.226 e. The lowest BCUT2D eigenvalue weighted by molar-refractivity contribution is -0.117. The summed E-state index contributed by atoms with van der Waals surface area (Å²) in [7, 11) is 0. The molecule has 0 spiro atoms. The summed E-state index contributed by atoms with van der Waals surface area (Å²) in [5.74, 6) is -0.302. The van der Waals surface area contributed by atoms with Crippen molar-refractivity contribution in [3.8, 4) is 0 Å². The third-order valence-electron chi connectivity index (χ3n) is 3.79. The minimum atomic E-state index is -0.200. The van der Waals surface area contributed by atoms with Crippen LogP contribution in [0.4, 0.5) is 11.4 Å². The summed E-state index contributed by atoms with van der Waals surface area (Å²) < 4.78 is 0. The fourth-order valence-electron chi connectivity index (χ4n) is 2.57. The van der Waals surface area contributed by atoms with Crippen molar-refractivity contribution in [3.63, 3.8) is 0 Å². The average molecular weight is 379 g/mol. The highest BCUT2D eigenvalue weighted by atomic mass is 35.5. The Hall–Kier alpha value is -2.04. The van der Waals surface area contributed by atoms with Crippen LogP contribution in [0.25, 0.3) is 0 Å². The van der Waals surface area contributed by atoms with Gasteiger partial charge in [-0.2, -0.15) is 0 Å². The summed E-state index contributed by atoms with van der Waals surface area (Å²) in [6, 6.07) is 10.8. The van der Waals surface area contributed by atoms with Gasteiger partial charge >= 0.3 is 0 Å². The lowest BCUT2D eigenvalue weighted by Crippen LogP contribution is -2.32. The second kappa shape index (κ2) is 8.37. The number of anilines is 2. The quantitative estimate of drug-likeness (QED) is 0.796. The number of carbonyl (C=O) groups excluding carboxylic acids is 2. The number of hydrogen-bond donors (Lipinski definition) is 1. The second-order valence-electron chi connectivity index (χ2n) is 5.89. The molecule has 0 aromatic heterocycles. The van der Waals surface area contributed by atoms with Crippen molar-refractivity contribution in [2.45, 2.75) is 27.2 Å². The van der Waals surface area contributed by atoms with Gasteiger partial charge in [0, 0.05) is 31.3 Å². The van der Waals surface area contributed by atoms with Crippen molar-refractivity contribution in [2.24, 2.45) is 0 Å². The summed E-state index contributed by atoms with van der Waals surface area (Å²) >= 11 is 11.8. The monoisotopic (exact) mass is 378 g/mol. The molecule has 0 saturated heterocycles. The molecule has 0 heterocycles. The molecule has 132 valence electrons. The Balaban J connectivity index is 2.04. The molecule has 1 N–H and O–H groups in total. The summed E-state index contributed by atoms with van der Waals surface area (Å²) in [5.41, 5.74) is 3.52. The van der Waals surface area contributed by atoms with E-state index < -0.39 is 0 Å². The number of hydrogen-bond acceptors (Lipinski definition) is 2. The molecule has 4 nitrogen and oxygen atoms in total. The highest BCUT2D eigenvalue weighted by Gasteiger charge is 2.15. The summed E-state index contributed by atoms with van der Waals surface area (Å²) in [6.45, 7) is 5.75. The van der Waals surface area contributed by atoms with Crippen LogP contribution in [0.2, 0.25) is 10.0 Å². The molecule has 0 fully saturated rings. The van der Waals surface area contributed by atoms with E-state index in [9.17, 15) is 9.59 Å². The molecule has 0 aliphatic heterocycles. The number of aryl methyl sites for hydroxylation is 2. The summed E-state index contributed by atoms with van der Waals surface area (Å²) in [4.78, 5) is 25.8. The molecule has 0 bridgehead atoms. The highest BCUT2D eigenvalue weighted by molar-refractivity contribution is 6.42. The van der Waals surface area contributed by atoms with E-state index in [1.807, 2.05) is 32.0 Å². The first kappa shape index (κ1) is 19.3. The van der Waals surface area contributed by atoms with Gasteiger partial charge in [-0.3, -0.25) is 9.59 Å². The molecule has 0 aliphatic carbocycles. The number of nitrogens with zero attached hydrogens (tertiary/aromatic N) is 1. The second-order valence-corrected chi connectivity index (χ2v) is 6.70. The van der Waals surface area contributed by atoms with Gasteiger partial charge in [0.25, 0.3) is 0 Å². The van der Waals surface area contributed by atoms with Gasteiger partial charge in [-0.1, -0.05) is 40.9 Å². The zero-order valence-corrected chi connectivity index (χ0v) is 15.9. The molecule has 0 aliphatic rings. The van der Waals surface area contributed by atoms with Gasteiger partial charge in [0.05, 0.1) is 10.0 Å². The van der Waals surface area contributed by atoms with Crippen molar-refractivity contribution >= 4 is 46.4 Å². The average Bonchev–Trinajstić information content (AvgIpc) is 2.52. The number of carbonyl (C=O) groups is 2. The molecule has 0 unspecified atom stereocenters. The Bertz CT molecular complexity index is 806. The van der Waals surface area contributed by atoms with E-state index in [2.05, 4.69) is 5.32 Å². The minimum Gasteiger partial charge on any atom is -0.326 e. The predicted octanol–water partition coefficient (Wildman–Crippen LogP) is 4.99. The van der Waals surface area contributed by atoms with Gasteiger partial charge < -0.3 is 10.2 Å². The van der Waals surface area contributed by atoms with Gasteiger partial charge in [-0.05, 0) is 43.7 Å². The molecule has 0 atom stereocenters. The van der Waals surface area contributed by atoms with E-state index in [0.717, 1.165) is 16.8 Å². The van der Waals surface area contributed by atoms with Crippen LogP contribution in [-0.2, 0) is 9.59 Å². The summed E-state index contributed by atoms with van der Waals surface area (Å²) in [6.07, 6.45) is 0.174. The molecular formula is C19H20Cl2N2O2. The van der Waals surface area contributed by atoms with Gasteiger partial charge in [0.1, 0.15) is 0 Å². The molecule has 2 aromatic carbocycles. The lowest BCUT2D eigenvalue weighted by atomic mass is 10.1. The molecule has 2 amide bonds. The summed E-state index contributed by atoms with van der Waals surface area (Å²) in [5, 5.41) is 3.56. The molecule has 0 radical (unpaired) electrons. The first-order valence-corrected chi connectivity index (χ1v) is 8.64. The minimum absolute atomic E-state index is 0.103. The van der Waals surface area contributed by atoms with Crippen LogP contribution in [0.15, 0.2) is 36.4 Å². The van der Waals surface area contributed by atoms with Gasteiger partial charge in [0.2, 0.25) is 11.8 Å². The maximum atomic E-state index is 12.2. The predicted molar refractivity (Wildman–Crippen MR) is 104 cm³/mol. The first-order chi connectivity index (χ1) is 11.8. The highest BCUT2D eigenvalue weighted by Crippen LogP contribution is 2.25. The Morgan fingerprint density at radius 3 is 2.36 bits per heavy atom. The normalized spacial score (nSPS) is 10.4. The third kappa shape index (κ3) is 5.21. The largest absolute Gasteiger partial charge is 0.326 e. The Kier molecular flexibility index (Phi) is 6.45. The van der Waals surface area contributed by atoms with E-state index in [1.165, 1.54) is 6.92 Å². The van der Waals surface area contributed by atoms with E-state index in [4.69, 9.17) is 23.2 Å². The zero-order chi connectivity index (χ0) is 18.6. The molecular weight excluding hydrogens is 359 g/mol. The molecule has 6 heteroatoms. The zero-order valence-electron chi connectivity index (χ0n) is 14.4. The van der Waals surface area contributed by atoms with Crippen molar-refractivity contribution in [1.29, 1.82) is 0 Å². The Labute approximate surface area is 157 Å². The SMILES string of the molecule is CC(=O)N(CCC(=O)Nc1ccc(Cl)c(Cl)c1)c1ccc(C)cc1C. The van der Waals surface area contributed by atoms with Crippen LogP contribution in [-0.4, -0.2) is 18.4 Å². The van der Waals surface area contributed by atoms with E-state index in [-0.39, 0.29) is 18.2 Å². The van der Waals surface area contributed by atoms with Crippen LogP contribution in [0.5, 0.6) is 0 Å². The Morgan fingerprint density at radius 1 is 1.04 bits per heavy atom. The van der Waals surface area contributed by atoms with Crippen LogP contribution in [0, 0.1) is 13.8 Å². The first-order valence-electron chi connectivity index (χ1n) is 7.88. The van der Waals surface area contributed by atoms with Crippen LogP contribution >= 0.6 is 23.2 Å². The smallest absolute Gasteiger partial charge is 0.226 e. The van der Waals surface area contributed by atoms with Crippen molar-refractivity contribution in [2.75, 3.05) is 16.8 Å². The van der Waals surface area contributed by atoms with Crippen molar-refractivity contribution in [3.05, 3.63) is 57.6 Å². The molecule has 0 saturated carbocycles. The van der Waals surface area contributed by atoms with Crippen LogP contribution in [0.1, 0.15) is 24.5 Å². The number of benzene rings is 2. The number of halogens is 2. The number of nitrogens with one attached hydrogen (secondary N) is 1. The third-order valence-corrected chi connectivity index (χ3v) is 4.53. The molecule has 25 heavy (non-hydrogen) atoms. The van der Waals surface area contributed by atoms with E-state index in [1.54, 1.807) is 23.1 Å². The van der Waals surface area contributed by atoms with Crippen molar-refractivity contribution < 1.29 is 9.59 Å². The maximum absolute atomic E-state index is 12.2. The number of rotatable bonds is 5. The van der Waals surface area contributed by atoms with Crippen LogP contribution < -0.4 is 10.2 Å². The topological polar surface area (TPSA) is 49.4 Å². The van der Waals surface area contributed by atoms with E-state index >= 15 is 0 Å². The molecule has 2 rings (SSSR count). The van der Waals surface area contributed by atoms with E-state index in [0.29, 0.717) is 22.3 Å². The fraction of sp³-hybridized carbons (Fsp3) is 0.263. The van der Waals surface area contributed by atoms with Crippen LogP contribution in [0.3, 0.4) is 0 Å². The molecule has 2 aromatic rings. The Morgan fingerprint density at radius 2 is 1.76 bits per heavy atom. The lowest BCUT2D eigenvalue weighted by Gasteiger charge is -2.23. The van der Waals surface area contributed by atoms with Crippen molar-refractivity contribution in [1.82, 2.24) is 0 Å². The standard InChI is InChI=1S/C19H20Cl2N2O2/c1-12-4-7-18(13(2)10-12)23(14(3)24)9-8-19(25)22-15-5-6-16(20)17(21)11-15/h4-7,10-11H,8-9H2,1-3H3,(H,22,25). The number of amides is 2. The fourth-order valence-corrected chi connectivity index (χ4v) is 2.86. The van der Waals surface area contributed by atoms with Gasteiger partial charge in [-0.25, -0.2) is 0 Å². The van der Waals surface area contributed by atoms with Gasteiger partial charge in [0.15, 0.2) is 0 Å². The van der Waals surface area contributed by atoms with Gasteiger partial charge in [-0.15, -0.1) is 0 Å².